The fraction of sp³-hybridized carbons (Fsp3) is 0.318. The normalized spacial score (nSPS) is 11.0. The minimum Gasteiger partial charge on any atom is -0.493 e. The molecule has 4 nitrogen and oxygen atoms in total. The summed E-state index contributed by atoms with van der Waals surface area (Å²) in [5.74, 6) is 1.92. The maximum atomic E-state index is 12.1. The van der Waals surface area contributed by atoms with E-state index in [-0.39, 0.29) is 0 Å². The Labute approximate surface area is 165 Å². The number of esters is 1. The lowest BCUT2D eigenvalue weighted by atomic mass is 10.1. The minimum absolute atomic E-state index is 0.461. The number of halogens is 1. The molecule has 0 unspecified atom stereocenters. The maximum Gasteiger partial charge on any atom is 0.336 e. The van der Waals surface area contributed by atoms with Gasteiger partial charge in [0.2, 0.25) is 0 Å². The van der Waals surface area contributed by atoms with E-state index in [0.29, 0.717) is 34.8 Å². The lowest BCUT2D eigenvalue weighted by Gasteiger charge is -2.12. The van der Waals surface area contributed by atoms with E-state index in [0.717, 1.165) is 17.5 Å². The van der Waals surface area contributed by atoms with Gasteiger partial charge in [-0.2, -0.15) is 0 Å². The number of carbonyl (C=O) groups excluding carboxylic acids is 1. The van der Waals surface area contributed by atoms with Gasteiger partial charge in [0.1, 0.15) is 5.75 Å². The molecule has 0 aliphatic carbocycles. The summed E-state index contributed by atoms with van der Waals surface area (Å²) in [6.45, 7) is 6.77. The quantitative estimate of drug-likeness (QED) is 0.330. The van der Waals surface area contributed by atoms with Crippen LogP contribution in [0.5, 0.6) is 17.2 Å². The Morgan fingerprint density at radius 1 is 1.11 bits per heavy atom. The Balaban J connectivity index is 2.01. The molecule has 2 aromatic rings. The monoisotopic (exact) mass is 388 g/mol. The van der Waals surface area contributed by atoms with E-state index in [2.05, 4.69) is 13.8 Å². The highest BCUT2D eigenvalue weighted by Crippen LogP contribution is 2.29. The lowest BCUT2D eigenvalue weighted by Crippen LogP contribution is -2.05. The molecule has 0 aliphatic heterocycles. The molecule has 2 aromatic carbocycles. The van der Waals surface area contributed by atoms with Crippen molar-refractivity contribution in [2.24, 2.45) is 5.92 Å². The van der Waals surface area contributed by atoms with Crippen LogP contribution in [0.4, 0.5) is 0 Å². The number of ether oxygens (including phenoxy) is 3. The van der Waals surface area contributed by atoms with E-state index >= 15 is 0 Å². The highest BCUT2D eigenvalue weighted by Gasteiger charge is 2.07. The van der Waals surface area contributed by atoms with Crippen LogP contribution < -0.4 is 14.2 Å². The Hall–Kier alpha value is -2.46. The third kappa shape index (κ3) is 6.65. The molecule has 0 saturated heterocycles. The van der Waals surface area contributed by atoms with E-state index in [4.69, 9.17) is 25.8 Å². The summed E-state index contributed by atoms with van der Waals surface area (Å²) in [5, 5.41) is 0.602. The molecule has 0 amide bonds. The number of hydrogen-bond acceptors (Lipinski definition) is 4. The zero-order valence-corrected chi connectivity index (χ0v) is 16.9. The van der Waals surface area contributed by atoms with E-state index in [1.165, 1.54) is 6.08 Å². The summed E-state index contributed by atoms with van der Waals surface area (Å²) < 4.78 is 16.5. The van der Waals surface area contributed by atoms with Gasteiger partial charge in [0.25, 0.3) is 0 Å². The molecule has 0 spiro atoms. The van der Waals surface area contributed by atoms with Crippen molar-refractivity contribution >= 4 is 23.6 Å². The highest BCUT2D eigenvalue weighted by atomic mass is 35.5. The minimum atomic E-state index is -0.461. The Morgan fingerprint density at radius 3 is 2.52 bits per heavy atom. The largest absolute Gasteiger partial charge is 0.493 e. The van der Waals surface area contributed by atoms with Crippen molar-refractivity contribution in [1.82, 2.24) is 0 Å². The van der Waals surface area contributed by atoms with E-state index < -0.39 is 5.97 Å². The van der Waals surface area contributed by atoms with Crippen LogP contribution in [0.25, 0.3) is 6.08 Å². The third-order valence-electron chi connectivity index (χ3n) is 3.90. The molecule has 0 radical (unpaired) electrons. The molecule has 0 saturated carbocycles. The molecule has 0 aliphatic rings. The fourth-order valence-corrected chi connectivity index (χ4v) is 2.57. The van der Waals surface area contributed by atoms with Crippen molar-refractivity contribution < 1.29 is 19.0 Å². The van der Waals surface area contributed by atoms with Crippen molar-refractivity contribution in [3.8, 4) is 17.2 Å². The molecule has 5 heteroatoms. The van der Waals surface area contributed by atoms with Gasteiger partial charge in [-0.15, -0.1) is 0 Å². The fourth-order valence-electron chi connectivity index (χ4n) is 2.35. The van der Waals surface area contributed by atoms with Crippen LogP contribution in [-0.4, -0.2) is 19.7 Å². The Kier molecular flexibility index (Phi) is 7.74. The first kappa shape index (κ1) is 20.8. The third-order valence-corrected chi connectivity index (χ3v) is 4.13. The van der Waals surface area contributed by atoms with Crippen LogP contribution in [0.1, 0.15) is 31.4 Å². The lowest BCUT2D eigenvalue weighted by molar-refractivity contribution is -0.128. The molecule has 0 bridgehead atoms. The SMILES string of the molecule is COc1cc(/C=C/C(=O)Oc2ccc(Cl)cc2C)ccc1OCCC(C)C. The summed E-state index contributed by atoms with van der Waals surface area (Å²) in [7, 11) is 1.59. The number of aryl methyl sites for hydroxylation is 1. The molecule has 0 aromatic heterocycles. The number of benzene rings is 2. The zero-order chi connectivity index (χ0) is 19.8. The van der Waals surface area contributed by atoms with Gasteiger partial charge in [-0.05, 0) is 66.8 Å². The number of hydrogen-bond donors (Lipinski definition) is 0. The molecule has 2 rings (SSSR count). The van der Waals surface area contributed by atoms with Crippen LogP contribution in [0.15, 0.2) is 42.5 Å². The van der Waals surface area contributed by atoms with Gasteiger partial charge in [-0.25, -0.2) is 4.79 Å². The average Bonchev–Trinajstić information content (AvgIpc) is 2.62. The number of methoxy groups -OCH3 is 1. The van der Waals surface area contributed by atoms with Crippen LogP contribution in [0, 0.1) is 12.8 Å². The maximum absolute atomic E-state index is 12.1. The van der Waals surface area contributed by atoms with Gasteiger partial charge in [-0.3, -0.25) is 0 Å². The topological polar surface area (TPSA) is 44.8 Å². The zero-order valence-electron chi connectivity index (χ0n) is 16.1. The first-order valence-corrected chi connectivity index (χ1v) is 9.23. The van der Waals surface area contributed by atoms with Gasteiger partial charge >= 0.3 is 5.97 Å². The van der Waals surface area contributed by atoms with Gasteiger partial charge in [0.05, 0.1) is 13.7 Å². The van der Waals surface area contributed by atoms with Gasteiger partial charge in [0, 0.05) is 11.1 Å². The van der Waals surface area contributed by atoms with Crippen molar-refractivity contribution in [3.05, 3.63) is 58.6 Å². The summed E-state index contributed by atoms with van der Waals surface area (Å²) in [4.78, 5) is 12.1. The van der Waals surface area contributed by atoms with Gasteiger partial charge in [-0.1, -0.05) is 31.5 Å². The molecule has 27 heavy (non-hydrogen) atoms. The molecule has 0 atom stereocenters. The second-order valence-corrected chi connectivity index (χ2v) is 7.04. The molecular formula is C22H25ClO4. The smallest absolute Gasteiger partial charge is 0.336 e. The van der Waals surface area contributed by atoms with E-state index in [1.54, 1.807) is 31.4 Å². The molecule has 144 valence electrons. The average molecular weight is 389 g/mol. The second-order valence-electron chi connectivity index (χ2n) is 6.61. The standard InChI is InChI=1S/C22H25ClO4/c1-15(2)11-12-26-20-8-5-17(14-21(20)25-4)6-10-22(24)27-19-9-7-18(23)13-16(19)3/h5-10,13-15H,11-12H2,1-4H3/b10-6+. The Bertz CT molecular complexity index is 812. The summed E-state index contributed by atoms with van der Waals surface area (Å²) in [6, 6.07) is 10.6. The Morgan fingerprint density at radius 2 is 1.85 bits per heavy atom. The van der Waals surface area contributed by atoms with Crippen molar-refractivity contribution in [2.75, 3.05) is 13.7 Å². The first-order valence-electron chi connectivity index (χ1n) is 8.86. The number of carbonyl (C=O) groups is 1. The predicted octanol–water partition coefficient (Wildman–Crippen LogP) is 5.70. The molecule has 0 N–H and O–H groups in total. The summed E-state index contributed by atoms with van der Waals surface area (Å²) >= 11 is 5.91. The van der Waals surface area contributed by atoms with Gasteiger partial charge < -0.3 is 14.2 Å². The van der Waals surface area contributed by atoms with Gasteiger partial charge in [0.15, 0.2) is 11.5 Å². The van der Waals surface area contributed by atoms with Crippen LogP contribution in [0.3, 0.4) is 0 Å². The van der Waals surface area contributed by atoms with Crippen LogP contribution in [-0.2, 0) is 4.79 Å². The molecular weight excluding hydrogens is 364 g/mol. The molecule has 0 heterocycles. The predicted molar refractivity (Wildman–Crippen MR) is 109 cm³/mol. The van der Waals surface area contributed by atoms with E-state index in [9.17, 15) is 4.79 Å². The van der Waals surface area contributed by atoms with E-state index in [1.807, 2.05) is 25.1 Å². The van der Waals surface area contributed by atoms with Crippen LogP contribution in [0.2, 0.25) is 5.02 Å². The first-order chi connectivity index (χ1) is 12.9. The van der Waals surface area contributed by atoms with Crippen molar-refractivity contribution in [1.29, 1.82) is 0 Å². The molecule has 0 fully saturated rings. The number of rotatable bonds is 8. The van der Waals surface area contributed by atoms with Crippen LogP contribution >= 0.6 is 11.6 Å². The van der Waals surface area contributed by atoms with Crippen molar-refractivity contribution in [3.63, 3.8) is 0 Å². The summed E-state index contributed by atoms with van der Waals surface area (Å²) in [5.41, 5.74) is 1.61. The summed E-state index contributed by atoms with van der Waals surface area (Å²) in [6.07, 6.45) is 4.02. The highest BCUT2D eigenvalue weighted by molar-refractivity contribution is 6.30. The second kappa shape index (κ2) is 10.0. The van der Waals surface area contributed by atoms with Crippen molar-refractivity contribution in [2.45, 2.75) is 27.2 Å².